The molecule has 4 aromatic rings. The molecule has 0 radical (unpaired) electrons. The second-order valence-corrected chi connectivity index (χ2v) is 7.87. The van der Waals surface area contributed by atoms with Gasteiger partial charge in [0.2, 0.25) is 6.79 Å². The lowest BCUT2D eigenvalue weighted by molar-refractivity contribution is -0.113. The van der Waals surface area contributed by atoms with Gasteiger partial charge in [0.25, 0.3) is 11.8 Å². The molecule has 0 bridgehead atoms. The van der Waals surface area contributed by atoms with Crippen LogP contribution in [0.1, 0.15) is 15.9 Å². The van der Waals surface area contributed by atoms with Crippen molar-refractivity contribution in [1.29, 1.82) is 0 Å². The molecule has 1 aliphatic heterocycles. The fourth-order valence-corrected chi connectivity index (χ4v) is 3.73. The Kier molecular flexibility index (Phi) is 6.05. The molecule has 2 N–H and O–H groups in total. The number of amides is 2. The quantitative estimate of drug-likeness (QED) is 0.391. The van der Waals surface area contributed by atoms with Crippen molar-refractivity contribution in [1.82, 2.24) is 5.32 Å². The van der Waals surface area contributed by atoms with E-state index in [0.29, 0.717) is 34.1 Å². The van der Waals surface area contributed by atoms with Crippen molar-refractivity contribution in [2.75, 3.05) is 19.2 Å². The van der Waals surface area contributed by atoms with Crippen molar-refractivity contribution in [3.8, 4) is 17.2 Å². The van der Waals surface area contributed by atoms with Crippen LogP contribution in [0.3, 0.4) is 0 Å². The maximum absolute atomic E-state index is 13.3. The topological polar surface area (TPSA) is 85.9 Å². The molecule has 7 heteroatoms. The van der Waals surface area contributed by atoms with E-state index in [9.17, 15) is 9.59 Å². The fourth-order valence-electron chi connectivity index (χ4n) is 3.73. The highest BCUT2D eigenvalue weighted by molar-refractivity contribution is 6.11. The molecule has 1 heterocycles. The normalized spacial score (nSPS) is 12.3. The Morgan fingerprint density at radius 3 is 2.43 bits per heavy atom. The Morgan fingerprint density at radius 2 is 1.63 bits per heavy atom. The van der Waals surface area contributed by atoms with Gasteiger partial charge in [0.05, 0.1) is 7.11 Å². The average molecular weight is 466 g/mol. The number of carbonyl (C=O) groups excluding carboxylic acids is 2. The van der Waals surface area contributed by atoms with Crippen LogP contribution >= 0.6 is 0 Å². The third-order valence-electron chi connectivity index (χ3n) is 5.56. The molecule has 35 heavy (non-hydrogen) atoms. The number of ether oxygens (including phenoxy) is 3. The Hall–Kier alpha value is -4.78. The van der Waals surface area contributed by atoms with Crippen molar-refractivity contribution in [3.63, 3.8) is 0 Å². The maximum Gasteiger partial charge on any atom is 0.272 e. The number of nitrogens with one attached hydrogen (secondary N) is 2. The molecule has 0 saturated heterocycles. The largest absolute Gasteiger partial charge is 0.497 e. The molecule has 4 aromatic carbocycles. The maximum atomic E-state index is 13.3. The summed E-state index contributed by atoms with van der Waals surface area (Å²) in [6.07, 6.45) is 1.60. The molecule has 2 amide bonds. The second-order valence-electron chi connectivity index (χ2n) is 7.87. The molecule has 0 aromatic heterocycles. The highest BCUT2D eigenvalue weighted by Crippen LogP contribution is 2.33. The SMILES string of the molecule is COc1ccc(C(=O)N/C(=C\c2ccc3c(c2)OCO3)C(=O)Nc2ccc3ccccc3c2)cc1. The summed E-state index contributed by atoms with van der Waals surface area (Å²) in [6, 6.07) is 25.5. The van der Waals surface area contributed by atoms with Crippen LogP contribution in [0.15, 0.2) is 90.6 Å². The number of benzene rings is 4. The summed E-state index contributed by atoms with van der Waals surface area (Å²) in [4.78, 5) is 26.2. The molecule has 7 nitrogen and oxygen atoms in total. The van der Waals surface area contributed by atoms with Gasteiger partial charge in [-0.15, -0.1) is 0 Å². The van der Waals surface area contributed by atoms with Gasteiger partial charge in [-0.05, 0) is 70.9 Å². The van der Waals surface area contributed by atoms with E-state index < -0.39 is 11.8 Å². The van der Waals surface area contributed by atoms with Gasteiger partial charge in [0.15, 0.2) is 11.5 Å². The zero-order valence-electron chi connectivity index (χ0n) is 18.9. The third kappa shape index (κ3) is 4.94. The fraction of sp³-hybridized carbons (Fsp3) is 0.0714. The minimum atomic E-state index is -0.459. The van der Waals surface area contributed by atoms with Crippen molar-refractivity contribution >= 4 is 34.4 Å². The van der Waals surface area contributed by atoms with Crippen LogP contribution in [0.2, 0.25) is 0 Å². The highest BCUT2D eigenvalue weighted by Gasteiger charge is 2.17. The minimum absolute atomic E-state index is 0.0813. The van der Waals surface area contributed by atoms with E-state index in [-0.39, 0.29) is 12.5 Å². The predicted octanol–water partition coefficient (Wildman–Crippen LogP) is 4.99. The summed E-state index contributed by atoms with van der Waals surface area (Å²) in [5.41, 5.74) is 1.76. The van der Waals surface area contributed by atoms with E-state index in [0.717, 1.165) is 10.8 Å². The second kappa shape index (κ2) is 9.61. The number of hydrogen-bond acceptors (Lipinski definition) is 5. The van der Waals surface area contributed by atoms with Crippen LogP contribution in [-0.4, -0.2) is 25.7 Å². The van der Waals surface area contributed by atoms with Crippen LogP contribution in [0.25, 0.3) is 16.8 Å². The molecule has 0 unspecified atom stereocenters. The number of fused-ring (bicyclic) bond motifs is 2. The molecule has 174 valence electrons. The van der Waals surface area contributed by atoms with Gasteiger partial charge < -0.3 is 24.8 Å². The van der Waals surface area contributed by atoms with E-state index in [1.54, 1.807) is 55.7 Å². The van der Waals surface area contributed by atoms with Gasteiger partial charge in [-0.3, -0.25) is 9.59 Å². The molecule has 0 fully saturated rings. The van der Waals surface area contributed by atoms with E-state index in [1.165, 1.54) is 0 Å². The van der Waals surface area contributed by atoms with Crippen molar-refractivity contribution in [3.05, 3.63) is 102 Å². The first-order valence-corrected chi connectivity index (χ1v) is 11.0. The number of anilines is 1. The summed E-state index contributed by atoms with van der Waals surface area (Å²) in [5.74, 6) is 0.959. The van der Waals surface area contributed by atoms with Gasteiger partial charge >= 0.3 is 0 Å². The van der Waals surface area contributed by atoms with Crippen LogP contribution in [-0.2, 0) is 4.79 Å². The van der Waals surface area contributed by atoms with Crippen molar-refractivity contribution < 1.29 is 23.8 Å². The van der Waals surface area contributed by atoms with Crippen molar-refractivity contribution in [2.45, 2.75) is 0 Å². The van der Waals surface area contributed by atoms with Gasteiger partial charge in [-0.1, -0.05) is 36.4 Å². The Balaban J connectivity index is 1.44. The van der Waals surface area contributed by atoms with Gasteiger partial charge in [-0.2, -0.15) is 0 Å². The first kappa shape index (κ1) is 22.0. The predicted molar refractivity (Wildman–Crippen MR) is 134 cm³/mol. The lowest BCUT2D eigenvalue weighted by Crippen LogP contribution is -2.30. The van der Waals surface area contributed by atoms with Gasteiger partial charge in [0.1, 0.15) is 11.4 Å². The summed E-state index contributed by atoms with van der Waals surface area (Å²) >= 11 is 0. The number of hydrogen-bond donors (Lipinski definition) is 2. The standard InChI is InChI=1S/C28H22N2O5/c1-33-23-11-8-20(9-12-23)27(31)30-24(14-18-6-13-25-26(15-18)35-17-34-25)28(32)29-22-10-7-19-4-2-3-5-21(19)16-22/h2-16H,17H2,1H3,(H,29,32)(H,30,31)/b24-14-. The molecule has 0 atom stereocenters. The number of methoxy groups -OCH3 is 1. The highest BCUT2D eigenvalue weighted by atomic mass is 16.7. The van der Waals surface area contributed by atoms with E-state index in [4.69, 9.17) is 14.2 Å². The molecule has 1 aliphatic rings. The third-order valence-corrected chi connectivity index (χ3v) is 5.56. The Morgan fingerprint density at radius 1 is 0.857 bits per heavy atom. The average Bonchev–Trinajstić information content (AvgIpc) is 3.36. The summed E-state index contributed by atoms with van der Waals surface area (Å²) in [5, 5.41) is 7.68. The zero-order valence-corrected chi connectivity index (χ0v) is 18.9. The Bertz CT molecular complexity index is 1440. The number of rotatable bonds is 6. The van der Waals surface area contributed by atoms with Crippen LogP contribution in [0, 0.1) is 0 Å². The van der Waals surface area contributed by atoms with Gasteiger partial charge in [0, 0.05) is 11.3 Å². The van der Waals surface area contributed by atoms with Crippen LogP contribution < -0.4 is 24.8 Å². The Labute approximate surface area is 201 Å². The van der Waals surface area contributed by atoms with E-state index >= 15 is 0 Å². The summed E-state index contributed by atoms with van der Waals surface area (Å²) < 4.78 is 15.9. The molecular weight excluding hydrogens is 444 g/mol. The monoisotopic (exact) mass is 466 g/mol. The molecular formula is C28H22N2O5. The number of carbonyl (C=O) groups is 2. The van der Waals surface area contributed by atoms with Gasteiger partial charge in [-0.25, -0.2) is 0 Å². The van der Waals surface area contributed by atoms with Crippen LogP contribution in [0.5, 0.6) is 17.2 Å². The van der Waals surface area contributed by atoms with E-state index in [1.807, 2.05) is 42.5 Å². The van der Waals surface area contributed by atoms with Crippen LogP contribution in [0.4, 0.5) is 5.69 Å². The first-order valence-electron chi connectivity index (χ1n) is 11.0. The molecule has 0 spiro atoms. The zero-order chi connectivity index (χ0) is 24.2. The smallest absolute Gasteiger partial charge is 0.272 e. The minimum Gasteiger partial charge on any atom is -0.497 e. The lowest BCUT2D eigenvalue weighted by atomic mass is 10.1. The summed E-state index contributed by atoms with van der Waals surface area (Å²) in [6.45, 7) is 0.145. The van der Waals surface area contributed by atoms with E-state index in [2.05, 4.69) is 10.6 Å². The molecule has 0 aliphatic carbocycles. The first-order chi connectivity index (χ1) is 17.1. The molecule has 0 saturated carbocycles. The lowest BCUT2D eigenvalue weighted by Gasteiger charge is -2.12. The summed E-state index contributed by atoms with van der Waals surface area (Å²) in [7, 11) is 1.55. The molecule has 5 rings (SSSR count). The van der Waals surface area contributed by atoms with Crippen molar-refractivity contribution in [2.24, 2.45) is 0 Å².